The van der Waals surface area contributed by atoms with Crippen LogP contribution in [0.2, 0.25) is 0 Å². The molecule has 0 aliphatic heterocycles. The number of oxime groups is 1. The molecule has 0 amide bonds. The van der Waals surface area contributed by atoms with Gasteiger partial charge in [-0.05, 0) is 0 Å². The van der Waals surface area contributed by atoms with Crippen LogP contribution < -0.4 is 24.6 Å². The summed E-state index contributed by atoms with van der Waals surface area (Å²) in [6.07, 6.45) is 1.51. The smallest absolute Gasteiger partial charge is 0.655 e. The van der Waals surface area contributed by atoms with E-state index in [1.165, 1.54) is 13.6 Å². The van der Waals surface area contributed by atoms with Crippen LogP contribution >= 0.6 is 0 Å². The van der Waals surface area contributed by atoms with Crippen LogP contribution in [-0.2, 0) is 9.53 Å². The Morgan fingerprint density at radius 1 is 1.79 bits per heavy atom. The van der Waals surface area contributed by atoms with Crippen molar-refractivity contribution in [3.05, 3.63) is 13.8 Å². The number of hydrogen-bond acceptors (Lipinski definition) is 4. The molecule has 0 saturated heterocycles. The zero-order chi connectivity index (χ0) is 10.7. The molecular weight excluding hydrogens is 179 g/mol. The Labute approximate surface area is 96.9 Å². The molecule has 0 aromatic heterocycles. The summed E-state index contributed by atoms with van der Waals surface area (Å²) in [6.45, 7) is 8.43. The number of nitrogens with two attached hydrogens (primary N) is 1. The largest absolute Gasteiger partial charge is 1.00 e. The third-order valence-corrected chi connectivity index (χ3v) is 1.17. The Morgan fingerprint density at radius 3 is 2.43 bits per heavy atom. The first-order chi connectivity index (χ1) is 6.13. The molecule has 1 unspecified atom stereocenters. The van der Waals surface area contributed by atoms with Gasteiger partial charge in [-0.15, -0.1) is 5.92 Å². The van der Waals surface area contributed by atoms with E-state index in [1.54, 1.807) is 0 Å². The fourth-order valence-electron chi connectivity index (χ4n) is 0.476. The molecule has 3 N–H and O–H groups in total. The van der Waals surface area contributed by atoms with E-state index in [1.807, 2.05) is 0 Å². The van der Waals surface area contributed by atoms with Gasteiger partial charge in [0.15, 0.2) is 0 Å². The van der Waals surface area contributed by atoms with Crippen molar-refractivity contribution in [3.8, 4) is 0 Å². The summed E-state index contributed by atoms with van der Waals surface area (Å²) >= 11 is 0. The van der Waals surface area contributed by atoms with Crippen molar-refractivity contribution in [1.29, 1.82) is 0 Å². The maximum absolute atomic E-state index is 8.83. The van der Waals surface area contributed by atoms with Crippen LogP contribution in [0.1, 0.15) is 12.8 Å². The number of carbonyl (C=O) groups excluding carboxylic acids is 1. The van der Waals surface area contributed by atoms with Crippen molar-refractivity contribution in [3.63, 3.8) is 0 Å². The Morgan fingerprint density at radius 2 is 2.21 bits per heavy atom. The molecule has 14 heavy (non-hydrogen) atoms. The Hall–Kier alpha value is -0.663. The van der Waals surface area contributed by atoms with Gasteiger partial charge in [0.25, 0.3) is 0 Å². The summed E-state index contributed by atoms with van der Waals surface area (Å²) in [5.41, 5.74) is 5.21. The predicted octanol–water partition coefficient (Wildman–Crippen LogP) is -2.50. The average molecular weight is 194 g/mol. The van der Waals surface area contributed by atoms with E-state index in [-0.39, 0.29) is 30.6 Å². The van der Waals surface area contributed by atoms with Crippen LogP contribution in [0, 0.1) is 19.8 Å². The van der Waals surface area contributed by atoms with Gasteiger partial charge in [-0.1, -0.05) is 18.0 Å². The normalized spacial score (nSPS) is 11.5. The molecule has 0 heterocycles. The van der Waals surface area contributed by atoms with Crippen LogP contribution in [0.4, 0.5) is 0 Å². The molecule has 0 aromatic carbocycles. The van der Waals surface area contributed by atoms with Gasteiger partial charge in [0, 0.05) is 7.11 Å². The van der Waals surface area contributed by atoms with E-state index in [4.69, 9.17) is 15.7 Å². The van der Waals surface area contributed by atoms with E-state index in [0.717, 1.165) is 12.8 Å². The summed E-state index contributed by atoms with van der Waals surface area (Å²) in [6, 6.07) is 0. The van der Waals surface area contributed by atoms with Crippen LogP contribution in [-0.4, -0.2) is 24.6 Å². The number of ether oxygens (including phenoxy) is 1. The molecule has 1 atom stereocenters. The first-order valence-electron chi connectivity index (χ1n) is 3.63. The second-order valence-electron chi connectivity index (χ2n) is 2.15. The number of hydrogen-bond donors (Lipinski definition) is 2. The molecule has 0 radical (unpaired) electrons. The molecule has 0 aliphatic carbocycles. The zero-order valence-corrected chi connectivity index (χ0v) is 8.69. The van der Waals surface area contributed by atoms with E-state index in [2.05, 4.69) is 23.7 Å². The number of methoxy groups -OCH3 is 1. The molecule has 0 saturated carbocycles. The minimum atomic E-state index is -0.104. The van der Waals surface area contributed by atoms with Crippen molar-refractivity contribution >= 4 is 12.3 Å². The Kier molecular flexibility index (Phi) is 20.1. The molecule has 5 nitrogen and oxygen atoms in total. The van der Waals surface area contributed by atoms with Crippen molar-refractivity contribution < 1.29 is 33.6 Å². The fourth-order valence-corrected chi connectivity index (χ4v) is 0.476. The van der Waals surface area contributed by atoms with Gasteiger partial charge in [0.05, 0.1) is 0 Å². The molecule has 0 spiro atoms. The minimum absolute atomic E-state index is 0. The van der Waals surface area contributed by atoms with E-state index in [9.17, 15) is 0 Å². The molecule has 0 aromatic rings. The zero-order valence-electron chi connectivity index (χ0n) is 8.69. The second-order valence-corrected chi connectivity index (χ2v) is 2.15. The van der Waals surface area contributed by atoms with E-state index in [0.29, 0.717) is 0 Å². The van der Waals surface area contributed by atoms with Gasteiger partial charge >= 0.3 is 18.9 Å². The SMILES string of the molecule is CO[C-]=O.[CH2-]CCC([CH2-])/C(N)=N\O.[Li+]. The monoisotopic (exact) mass is 194 g/mol. The van der Waals surface area contributed by atoms with Crippen molar-refractivity contribution in [1.82, 2.24) is 0 Å². The van der Waals surface area contributed by atoms with Gasteiger partial charge in [-0.2, -0.15) is 6.42 Å². The van der Waals surface area contributed by atoms with Crippen LogP contribution in [0.25, 0.3) is 0 Å². The molecule has 0 fully saturated rings. The molecular formula is C8H15LiN2O3-2. The molecule has 78 valence electrons. The van der Waals surface area contributed by atoms with Gasteiger partial charge in [-0.25, -0.2) is 0 Å². The third-order valence-electron chi connectivity index (χ3n) is 1.17. The summed E-state index contributed by atoms with van der Waals surface area (Å²) < 4.78 is 3.74. The van der Waals surface area contributed by atoms with Crippen LogP contribution in [0.5, 0.6) is 0 Å². The van der Waals surface area contributed by atoms with Crippen LogP contribution in [0.3, 0.4) is 0 Å². The standard InChI is InChI=1S/C6H12N2O.C2H3O2.Li/c1-3-4-5(2)6(7)8-9;1-4-2-3;/h5,9H,1-4H2,(H2,7,8);1H3;/q-2;-1;+1. The van der Waals surface area contributed by atoms with Crippen LogP contribution in [0.15, 0.2) is 5.16 Å². The maximum atomic E-state index is 8.83. The number of amidine groups is 1. The first-order valence-corrected chi connectivity index (χ1v) is 3.63. The molecule has 0 rings (SSSR count). The molecule has 6 heteroatoms. The maximum Gasteiger partial charge on any atom is 1.00 e. The minimum Gasteiger partial charge on any atom is -0.655 e. The summed E-state index contributed by atoms with van der Waals surface area (Å²) in [4.78, 5) is 8.83. The van der Waals surface area contributed by atoms with Crippen molar-refractivity contribution in [2.24, 2.45) is 16.8 Å². The summed E-state index contributed by atoms with van der Waals surface area (Å²) in [5, 5.41) is 10.9. The first kappa shape index (κ1) is 19.0. The van der Waals surface area contributed by atoms with Gasteiger partial charge in [0.2, 0.25) is 0 Å². The summed E-state index contributed by atoms with van der Waals surface area (Å²) in [7, 11) is 1.26. The molecule has 0 aliphatic rings. The number of rotatable bonds is 4. The third kappa shape index (κ3) is 13.9. The topological polar surface area (TPSA) is 84.9 Å². The molecule has 0 bridgehead atoms. The number of nitrogens with zero attached hydrogens (tertiary/aromatic N) is 1. The van der Waals surface area contributed by atoms with Gasteiger partial charge < -0.3 is 34.3 Å². The van der Waals surface area contributed by atoms with Crippen molar-refractivity contribution in [2.45, 2.75) is 12.8 Å². The average Bonchev–Trinajstić information content (AvgIpc) is 2.17. The van der Waals surface area contributed by atoms with Gasteiger partial charge in [0.1, 0.15) is 5.84 Å². The Bertz CT molecular complexity index is 154. The van der Waals surface area contributed by atoms with Crippen molar-refractivity contribution in [2.75, 3.05) is 7.11 Å². The van der Waals surface area contributed by atoms with E-state index >= 15 is 0 Å². The summed E-state index contributed by atoms with van der Waals surface area (Å²) in [5.74, 6) is 0.0751. The second kappa shape index (κ2) is 14.8. The Balaban J connectivity index is -0.000000209. The van der Waals surface area contributed by atoms with Gasteiger partial charge in [-0.3, -0.25) is 0 Å². The van der Waals surface area contributed by atoms with E-state index < -0.39 is 0 Å². The quantitative estimate of drug-likeness (QED) is 0.129. The predicted molar refractivity (Wildman–Crippen MR) is 49.5 cm³/mol. The fraction of sp³-hybridized carbons (Fsp3) is 0.500.